The van der Waals surface area contributed by atoms with Crippen LogP contribution >= 0.6 is 0 Å². The lowest BCUT2D eigenvalue weighted by Gasteiger charge is -2.03. The number of pyridine rings is 1. The van der Waals surface area contributed by atoms with Gasteiger partial charge < -0.3 is 5.11 Å². The van der Waals surface area contributed by atoms with E-state index in [1.807, 2.05) is 6.07 Å². The van der Waals surface area contributed by atoms with Gasteiger partial charge in [0.1, 0.15) is 11.3 Å². The van der Waals surface area contributed by atoms with E-state index in [1.165, 1.54) is 18.3 Å². The second kappa shape index (κ2) is 5.16. The molecule has 0 aliphatic carbocycles. The van der Waals surface area contributed by atoms with Crippen molar-refractivity contribution < 1.29 is 14.3 Å². The highest BCUT2D eigenvalue weighted by atomic mass is 19.1. The van der Waals surface area contributed by atoms with Crippen LogP contribution in [-0.4, -0.2) is 25.8 Å². The molecule has 3 rings (SSSR count). The van der Waals surface area contributed by atoms with Crippen LogP contribution in [-0.2, 0) is 0 Å². The highest BCUT2D eigenvalue weighted by molar-refractivity contribution is 5.91. The van der Waals surface area contributed by atoms with Crippen LogP contribution in [0.15, 0.2) is 54.9 Å². The van der Waals surface area contributed by atoms with Gasteiger partial charge in [0.2, 0.25) is 0 Å². The average Bonchev–Trinajstić information content (AvgIpc) is 2.90. The molecule has 0 bridgehead atoms. The smallest absolute Gasteiger partial charge is 0.339 e. The van der Waals surface area contributed by atoms with Crippen molar-refractivity contribution in [2.75, 3.05) is 0 Å². The monoisotopic (exact) mass is 283 g/mol. The Balaban J connectivity index is 2.12. The minimum Gasteiger partial charge on any atom is -0.478 e. The van der Waals surface area contributed by atoms with Gasteiger partial charge in [-0.25, -0.2) is 18.9 Å². The summed E-state index contributed by atoms with van der Waals surface area (Å²) in [6.07, 6.45) is 2.56. The third-order valence-corrected chi connectivity index (χ3v) is 2.95. The van der Waals surface area contributed by atoms with Crippen LogP contribution in [0.3, 0.4) is 0 Å². The molecule has 0 fully saturated rings. The largest absolute Gasteiger partial charge is 0.478 e. The maximum Gasteiger partial charge on any atom is 0.339 e. The molecule has 21 heavy (non-hydrogen) atoms. The molecule has 0 unspecified atom stereocenters. The molecule has 2 heterocycles. The first kappa shape index (κ1) is 13.0. The van der Waals surface area contributed by atoms with E-state index in [0.717, 1.165) is 10.9 Å². The van der Waals surface area contributed by atoms with Gasteiger partial charge in [-0.1, -0.05) is 30.3 Å². The Morgan fingerprint density at radius 2 is 1.90 bits per heavy atom. The number of benzene rings is 1. The Hall–Kier alpha value is -3.02. The van der Waals surface area contributed by atoms with Crippen molar-refractivity contribution in [1.82, 2.24) is 14.8 Å². The van der Waals surface area contributed by atoms with Gasteiger partial charge in [-0.05, 0) is 12.1 Å². The Kier molecular flexibility index (Phi) is 3.19. The first-order chi connectivity index (χ1) is 10.2. The minimum atomic E-state index is -1.14. The summed E-state index contributed by atoms with van der Waals surface area (Å²) in [6.45, 7) is 0. The lowest BCUT2D eigenvalue weighted by atomic mass is 10.1. The van der Waals surface area contributed by atoms with E-state index in [0.29, 0.717) is 5.56 Å². The minimum absolute atomic E-state index is 0.0420. The van der Waals surface area contributed by atoms with Crippen molar-refractivity contribution >= 4 is 5.97 Å². The highest BCUT2D eigenvalue weighted by Crippen LogP contribution is 2.22. The van der Waals surface area contributed by atoms with Gasteiger partial charge in [0.15, 0.2) is 11.6 Å². The van der Waals surface area contributed by atoms with Crippen LogP contribution in [0.1, 0.15) is 10.4 Å². The Labute approximate surface area is 119 Å². The van der Waals surface area contributed by atoms with Crippen LogP contribution < -0.4 is 0 Å². The molecular weight excluding hydrogens is 273 g/mol. The third-order valence-electron chi connectivity index (χ3n) is 2.95. The van der Waals surface area contributed by atoms with E-state index in [9.17, 15) is 9.18 Å². The number of hydrogen-bond acceptors (Lipinski definition) is 3. The maximum atomic E-state index is 14.1. The van der Waals surface area contributed by atoms with Gasteiger partial charge in [0.25, 0.3) is 0 Å². The third kappa shape index (κ3) is 2.38. The molecule has 6 heteroatoms. The van der Waals surface area contributed by atoms with E-state index in [4.69, 9.17) is 5.11 Å². The van der Waals surface area contributed by atoms with E-state index in [2.05, 4.69) is 10.1 Å². The van der Waals surface area contributed by atoms with Gasteiger partial charge >= 0.3 is 5.97 Å². The molecule has 104 valence electrons. The van der Waals surface area contributed by atoms with Gasteiger partial charge in [-0.15, -0.1) is 0 Å². The zero-order valence-electron chi connectivity index (χ0n) is 10.8. The number of aromatic carboxylic acids is 1. The standard InChI is InChI=1S/C15H10FN3O2/c16-12-9-19(14-11(15(20)21)7-4-8-17-14)18-13(12)10-5-2-1-3-6-10/h1-9H,(H,20,21). The number of carboxylic acids is 1. The molecular formula is C15H10FN3O2. The zero-order valence-corrected chi connectivity index (χ0v) is 10.8. The van der Waals surface area contributed by atoms with Crippen LogP contribution in [0.2, 0.25) is 0 Å². The summed E-state index contributed by atoms with van der Waals surface area (Å²) in [5.74, 6) is -1.61. The molecule has 1 aromatic carbocycles. The van der Waals surface area contributed by atoms with Gasteiger partial charge in [-0.3, -0.25) is 0 Å². The summed E-state index contributed by atoms with van der Waals surface area (Å²) in [6, 6.07) is 11.7. The van der Waals surface area contributed by atoms with E-state index >= 15 is 0 Å². The quantitative estimate of drug-likeness (QED) is 0.802. The van der Waals surface area contributed by atoms with Crippen molar-refractivity contribution in [3.63, 3.8) is 0 Å². The molecule has 0 saturated carbocycles. The molecule has 3 aromatic rings. The topological polar surface area (TPSA) is 68.0 Å². The fraction of sp³-hybridized carbons (Fsp3) is 0. The molecule has 1 N–H and O–H groups in total. The van der Waals surface area contributed by atoms with E-state index in [1.54, 1.807) is 24.3 Å². The molecule has 5 nitrogen and oxygen atoms in total. The van der Waals surface area contributed by atoms with E-state index in [-0.39, 0.29) is 17.1 Å². The van der Waals surface area contributed by atoms with Crippen molar-refractivity contribution in [2.45, 2.75) is 0 Å². The highest BCUT2D eigenvalue weighted by Gasteiger charge is 2.17. The first-order valence-electron chi connectivity index (χ1n) is 6.16. The van der Waals surface area contributed by atoms with Crippen molar-refractivity contribution in [2.24, 2.45) is 0 Å². The zero-order chi connectivity index (χ0) is 14.8. The number of nitrogens with zero attached hydrogens (tertiary/aromatic N) is 3. The van der Waals surface area contributed by atoms with Crippen LogP contribution in [0.5, 0.6) is 0 Å². The summed E-state index contributed by atoms with van der Waals surface area (Å²) >= 11 is 0. The average molecular weight is 283 g/mol. The summed E-state index contributed by atoms with van der Waals surface area (Å²) in [5.41, 5.74) is 0.721. The lowest BCUT2D eigenvalue weighted by molar-refractivity contribution is 0.0696. The summed E-state index contributed by atoms with van der Waals surface area (Å²) in [4.78, 5) is 15.2. The number of halogens is 1. The molecule has 0 amide bonds. The fourth-order valence-corrected chi connectivity index (χ4v) is 2.00. The van der Waals surface area contributed by atoms with Gasteiger partial charge in [0.05, 0.1) is 6.20 Å². The SMILES string of the molecule is O=C(O)c1cccnc1-n1cc(F)c(-c2ccccc2)n1. The van der Waals surface area contributed by atoms with Gasteiger partial charge in [-0.2, -0.15) is 5.10 Å². The summed E-state index contributed by atoms with van der Waals surface area (Å²) in [5, 5.41) is 13.3. The number of aromatic nitrogens is 3. The molecule has 0 atom stereocenters. The first-order valence-corrected chi connectivity index (χ1v) is 6.16. The Bertz CT molecular complexity index is 800. The number of carboxylic acid groups (broad SMARTS) is 1. The van der Waals surface area contributed by atoms with Crippen molar-refractivity contribution in [3.05, 3.63) is 66.2 Å². The van der Waals surface area contributed by atoms with Crippen LogP contribution in [0, 0.1) is 5.82 Å². The van der Waals surface area contributed by atoms with Crippen molar-refractivity contribution in [3.8, 4) is 17.1 Å². The maximum absolute atomic E-state index is 14.1. The van der Waals surface area contributed by atoms with Crippen LogP contribution in [0.4, 0.5) is 4.39 Å². The second-order valence-corrected chi connectivity index (χ2v) is 4.32. The number of hydrogen-bond donors (Lipinski definition) is 1. The molecule has 0 radical (unpaired) electrons. The molecule has 2 aromatic heterocycles. The summed E-state index contributed by atoms with van der Waals surface area (Å²) in [7, 11) is 0. The summed E-state index contributed by atoms with van der Waals surface area (Å²) < 4.78 is 15.2. The second-order valence-electron chi connectivity index (χ2n) is 4.32. The predicted molar refractivity (Wildman–Crippen MR) is 73.7 cm³/mol. The number of rotatable bonds is 3. The molecule has 0 aliphatic heterocycles. The van der Waals surface area contributed by atoms with Crippen LogP contribution in [0.25, 0.3) is 17.1 Å². The van der Waals surface area contributed by atoms with E-state index < -0.39 is 11.8 Å². The normalized spacial score (nSPS) is 10.5. The predicted octanol–water partition coefficient (Wildman–Crippen LogP) is 2.77. The molecule has 0 saturated heterocycles. The molecule has 0 aliphatic rings. The lowest BCUT2D eigenvalue weighted by Crippen LogP contribution is -2.07. The van der Waals surface area contributed by atoms with Crippen molar-refractivity contribution in [1.29, 1.82) is 0 Å². The Morgan fingerprint density at radius 1 is 1.14 bits per heavy atom. The molecule has 0 spiro atoms. The Morgan fingerprint density at radius 3 is 2.62 bits per heavy atom. The van der Waals surface area contributed by atoms with Gasteiger partial charge in [0, 0.05) is 11.8 Å². The fourth-order valence-electron chi connectivity index (χ4n) is 2.00. The number of carbonyl (C=O) groups is 1.